The number of thiophene rings is 1. The maximum atomic E-state index is 12.1. The van der Waals surface area contributed by atoms with Crippen LogP contribution in [0.4, 0.5) is 4.79 Å². The average molecular weight is 306 g/mol. The predicted molar refractivity (Wildman–Crippen MR) is 85.2 cm³/mol. The van der Waals surface area contributed by atoms with Crippen molar-refractivity contribution in [2.45, 2.75) is 38.6 Å². The summed E-state index contributed by atoms with van der Waals surface area (Å²) in [5, 5.41) is 13.7. The first-order chi connectivity index (χ1) is 10.3. The quantitative estimate of drug-likeness (QED) is 0.843. The van der Waals surface area contributed by atoms with Crippen LogP contribution in [0, 0.1) is 11.8 Å². The van der Waals surface area contributed by atoms with Crippen molar-refractivity contribution in [3.8, 4) is 11.8 Å². The summed E-state index contributed by atoms with van der Waals surface area (Å²) in [5.41, 5.74) is 0.951. The summed E-state index contributed by atoms with van der Waals surface area (Å²) >= 11 is 1.60. The predicted octanol–water partition coefficient (Wildman–Crippen LogP) is 2.57. The van der Waals surface area contributed by atoms with Crippen LogP contribution >= 0.6 is 11.3 Å². The molecule has 5 heteroatoms. The molecule has 0 aliphatic carbocycles. The number of hydrogen-bond acceptors (Lipinski definition) is 3. The van der Waals surface area contributed by atoms with E-state index in [9.17, 15) is 4.79 Å². The lowest BCUT2D eigenvalue weighted by Gasteiger charge is -2.20. The number of amides is 2. The summed E-state index contributed by atoms with van der Waals surface area (Å²) in [5.74, 6) is 5.90. The van der Waals surface area contributed by atoms with Crippen LogP contribution in [0.1, 0.15) is 42.5 Å². The van der Waals surface area contributed by atoms with Gasteiger partial charge in [0.05, 0.1) is 13.2 Å². The van der Waals surface area contributed by atoms with Gasteiger partial charge in [0.25, 0.3) is 0 Å². The highest BCUT2D eigenvalue weighted by molar-refractivity contribution is 7.10. The topological polar surface area (TPSA) is 52.6 Å². The van der Waals surface area contributed by atoms with Gasteiger partial charge in [0.1, 0.15) is 0 Å². The Morgan fingerprint density at radius 2 is 2.10 bits per heavy atom. The Morgan fingerprint density at radius 3 is 2.81 bits per heavy atom. The highest BCUT2D eigenvalue weighted by atomic mass is 32.1. The number of hydrogen-bond donors (Lipinski definition) is 2. The molecule has 1 aliphatic heterocycles. The summed E-state index contributed by atoms with van der Waals surface area (Å²) in [6.45, 7) is 2.39. The van der Waals surface area contributed by atoms with E-state index in [0.29, 0.717) is 13.0 Å². The van der Waals surface area contributed by atoms with Crippen LogP contribution in [0.25, 0.3) is 0 Å². The van der Waals surface area contributed by atoms with E-state index in [4.69, 9.17) is 5.11 Å². The van der Waals surface area contributed by atoms with Crippen LogP contribution in [0.3, 0.4) is 0 Å². The van der Waals surface area contributed by atoms with Gasteiger partial charge in [0.15, 0.2) is 0 Å². The van der Waals surface area contributed by atoms with Crippen LogP contribution in [0.5, 0.6) is 0 Å². The molecule has 1 aromatic rings. The number of nitrogens with zero attached hydrogens (tertiary/aromatic N) is 1. The Labute approximate surface area is 130 Å². The van der Waals surface area contributed by atoms with E-state index in [2.05, 4.69) is 17.2 Å². The number of rotatable bonds is 3. The Hall–Kier alpha value is -1.51. The van der Waals surface area contributed by atoms with Crippen LogP contribution in [0.15, 0.2) is 11.4 Å². The van der Waals surface area contributed by atoms with Gasteiger partial charge in [-0.2, -0.15) is 0 Å². The molecule has 2 rings (SSSR count). The minimum Gasteiger partial charge on any atom is -0.395 e. The fourth-order valence-corrected chi connectivity index (χ4v) is 3.06. The number of urea groups is 1. The minimum absolute atomic E-state index is 0.0400. The maximum absolute atomic E-state index is 12.1. The van der Waals surface area contributed by atoms with Crippen molar-refractivity contribution in [1.82, 2.24) is 10.2 Å². The zero-order chi connectivity index (χ0) is 14.9. The zero-order valence-electron chi connectivity index (χ0n) is 12.2. The molecule has 0 saturated carbocycles. The number of carbonyl (C=O) groups is 1. The molecule has 2 amide bonds. The van der Waals surface area contributed by atoms with Crippen LogP contribution in [0.2, 0.25) is 0 Å². The smallest absolute Gasteiger partial charge is 0.317 e. The van der Waals surface area contributed by atoms with Crippen LogP contribution in [-0.4, -0.2) is 35.7 Å². The van der Waals surface area contributed by atoms with Crippen molar-refractivity contribution < 1.29 is 9.90 Å². The third-order valence-corrected chi connectivity index (χ3v) is 4.37. The van der Waals surface area contributed by atoms with Crippen molar-refractivity contribution in [2.75, 3.05) is 19.7 Å². The van der Waals surface area contributed by atoms with Gasteiger partial charge in [0.2, 0.25) is 0 Å². The molecule has 4 nitrogen and oxygen atoms in total. The van der Waals surface area contributed by atoms with Crippen molar-refractivity contribution in [3.05, 3.63) is 21.9 Å². The molecule has 0 atom stereocenters. The molecule has 1 aromatic heterocycles. The van der Waals surface area contributed by atoms with E-state index in [1.165, 1.54) is 12.8 Å². The van der Waals surface area contributed by atoms with Crippen LogP contribution in [-0.2, 0) is 6.54 Å². The fourth-order valence-electron chi connectivity index (χ4n) is 2.31. The van der Waals surface area contributed by atoms with E-state index in [-0.39, 0.29) is 12.6 Å². The standard InChI is InChI=1S/C16H22N2O2S/c19-10-6-3-7-14-11-15(21-13-14)12-17-16(20)18-8-4-1-2-5-9-18/h11,13,19H,1-2,4-6,8-10,12H2,(H,17,20). The van der Waals surface area contributed by atoms with Gasteiger partial charge >= 0.3 is 6.03 Å². The number of carbonyl (C=O) groups excluding carboxylic acids is 1. The Morgan fingerprint density at radius 1 is 1.33 bits per heavy atom. The Balaban J connectivity index is 1.79. The molecule has 1 fully saturated rings. The third-order valence-electron chi connectivity index (χ3n) is 3.43. The zero-order valence-corrected chi connectivity index (χ0v) is 13.0. The largest absolute Gasteiger partial charge is 0.395 e. The van der Waals surface area contributed by atoms with Gasteiger partial charge in [-0.15, -0.1) is 11.3 Å². The Bertz CT molecular complexity index is 508. The lowest BCUT2D eigenvalue weighted by Crippen LogP contribution is -2.39. The van der Waals surface area contributed by atoms with E-state index < -0.39 is 0 Å². The first kappa shape index (κ1) is 15.9. The molecule has 0 spiro atoms. The van der Waals surface area contributed by atoms with Gasteiger partial charge in [-0.05, 0) is 18.9 Å². The number of nitrogens with one attached hydrogen (secondary N) is 1. The highest BCUT2D eigenvalue weighted by Crippen LogP contribution is 2.14. The summed E-state index contributed by atoms with van der Waals surface area (Å²) in [6.07, 6.45) is 5.17. The van der Waals surface area contributed by atoms with Gasteiger partial charge in [-0.25, -0.2) is 4.79 Å². The molecule has 1 aliphatic rings. The molecule has 2 N–H and O–H groups in total. The average Bonchev–Trinajstić information content (AvgIpc) is 2.77. The first-order valence-electron chi connectivity index (χ1n) is 7.49. The summed E-state index contributed by atoms with van der Waals surface area (Å²) in [7, 11) is 0. The number of aliphatic hydroxyl groups is 1. The molecule has 114 valence electrons. The molecular weight excluding hydrogens is 284 g/mol. The second kappa shape index (κ2) is 8.71. The van der Waals surface area contributed by atoms with E-state index in [1.54, 1.807) is 11.3 Å². The highest BCUT2D eigenvalue weighted by Gasteiger charge is 2.14. The third kappa shape index (κ3) is 5.41. The second-order valence-corrected chi connectivity index (χ2v) is 6.13. The van der Waals surface area contributed by atoms with Gasteiger partial charge in [-0.1, -0.05) is 24.7 Å². The lowest BCUT2D eigenvalue weighted by molar-refractivity contribution is 0.199. The maximum Gasteiger partial charge on any atom is 0.317 e. The molecule has 0 bridgehead atoms. The molecule has 2 heterocycles. The summed E-state index contributed by atoms with van der Waals surface area (Å²) in [4.78, 5) is 15.1. The Kier molecular flexibility index (Phi) is 6.58. The van der Waals surface area contributed by atoms with Crippen molar-refractivity contribution in [3.63, 3.8) is 0 Å². The first-order valence-corrected chi connectivity index (χ1v) is 8.37. The van der Waals surface area contributed by atoms with E-state index >= 15 is 0 Å². The molecule has 0 unspecified atom stereocenters. The fraction of sp³-hybridized carbons (Fsp3) is 0.562. The molecule has 0 aromatic carbocycles. The van der Waals surface area contributed by atoms with Crippen molar-refractivity contribution >= 4 is 17.4 Å². The molecule has 0 radical (unpaired) electrons. The molecule has 1 saturated heterocycles. The van der Waals surface area contributed by atoms with Gasteiger partial charge in [-0.3, -0.25) is 0 Å². The SMILES string of the molecule is O=C(NCc1cc(C#CCCO)cs1)N1CCCCCC1. The summed E-state index contributed by atoms with van der Waals surface area (Å²) in [6, 6.07) is 2.04. The van der Waals surface area contributed by atoms with Crippen LogP contribution < -0.4 is 5.32 Å². The number of aliphatic hydroxyl groups excluding tert-OH is 1. The second-order valence-electron chi connectivity index (χ2n) is 5.14. The van der Waals surface area contributed by atoms with Gasteiger partial charge < -0.3 is 15.3 Å². The molecule has 21 heavy (non-hydrogen) atoms. The number of likely N-dealkylation sites (tertiary alicyclic amines) is 1. The molecular formula is C16H22N2O2S. The lowest BCUT2D eigenvalue weighted by atomic mass is 10.2. The van der Waals surface area contributed by atoms with Crippen molar-refractivity contribution in [2.24, 2.45) is 0 Å². The van der Waals surface area contributed by atoms with Crippen molar-refractivity contribution in [1.29, 1.82) is 0 Å². The van der Waals surface area contributed by atoms with E-state index in [1.807, 2.05) is 16.3 Å². The monoisotopic (exact) mass is 306 g/mol. The minimum atomic E-state index is 0.0400. The van der Waals surface area contributed by atoms with E-state index in [0.717, 1.165) is 36.4 Å². The normalized spacial score (nSPS) is 15.0. The summed E-state index contributed by atoms with van der Waals surface area (Å²) < 4.78 is 0. The van der Waals surface area contributed by atoms with Gasteiger partial charge in [0, 0.05) is 35.3 Å².